The minimum absolute atomic E-state index is 0.00309. The van der Waals surface area contributed by atoms with E-state index < -0.39 is 0 Å². The molecule has 0 spiro atoms. The highest BCUT2D eigenvalue weighted by Gasteiger charge is 2.36. The number of amides is 1. The minimum Gasteiger partial charge on any atom is -0.466 e. The van der Waals surface area contributed by atoms with Crippen LogP contribution < -0.4 is 0 Å². The molecule has 0 bridgehead atoms. The van der Waals surface area contributed by atoms with Gasteiger partial charge >= 0.3 is 0 Å². The van der Waals surface area contributed by atoms with Gasteiger partial charge in [-0.2, -0.15) is 0 Å². The van der Waals surface area contributed by atoms with E-state index >= 15 is 0 Å². The predicted octanol–water partition coefficient (Wildman–Crippen LogP) is 3.06. The van der Waals surface area contributed by atoms with Gasteiger partial charge in [0.15, 0.2) is 0 Å². The van der Waals surface area contributed by atoms with Crippen molar-refractivity contribution >= 4 is 17.5 Å². The Bertz CT molecular complexity index is 521. The Morgan fingerprint density at radius 3 is 2.50 bits per heavy atom. The number of halogens is 1. The second-order valence-electron chi connectivity index (χ2n) is 6.05. The fraction of sp³-hybridized carbons (Fsp3) is 0.667. The number of nitrogens with zero attached hydrogens (tertiary/aromatic N) is 1. The van der Waals surface area contributed by atoms with E-state index in [0.29, 0.717) is 30.3 Å². The number of hydrogen-bond acceptors (Lipinski definition) is 3. The molecule has 1 aliphatic heterocycles. The lowest BCUT2D eigenvalue weighted by atomic mass is 10.0. The van der Waals surface area contributed by atoms with E-state index in [0.717, 1.165) is 11.3 Å². The summed E-state index contributed by atoms with van der Waals surface area (Å²) < 4.78 is 11.4. The molecule has 2 heterocycles. The van der Waals surface area contributed by atoms with Gasteiger partial charge in [0.25, 0.3) is 5.91 Å². The molecule has 1 aliphatic rings. The molecule has 1 unspecified atom stereocenters. The highest BCUT2D eigenvalue weighted by molar-refractivity contribution is 6.18. The number of rotatable bonds is 2. The Balaban J connectivity index is 2.28. The maximum Gasteiger partial charge on any atom is 0.257 e. The molecular formula is C15H22ClNO3. The summed E-state index contributed by atoms with van der Waals surface area (Å²) in [6.45, 7) is 10.7. The number of alkyl halides is 1. The van der Waals surface area contributed by atoms with E-state index in [2.05, 4.69) is 0 Å². The van der Waals surface area contributed by atoms with Crippen LogP contribution in [0.25, 0.3) is 0 Å². The van der Waals surface area contributed by atoms with Crippen LogP contribution in [-0.4, -0.2) is 41.5 Å². The lowest BCUT2D eigenvalue weighted by Gasteiger charge is -2.42. The van der Waals surface area contributed by atoms with Crippen molar-refractivity contribution in [2.75, 3.05) is 19.0 Å². The largest absolute Gasteiger partial charge is 0.466 e. The van der Waals surface area contributed by atoms with Crippen LogP contribution in [-0.2, 0) is 4.74 Å². The highest BCUT2D eigenvalue weighted by Crippen LogP contribution is 2.27. The molecule has 1 saturated heterocycles. The average Bonchev–Trinajstić information content (AvgIpc) is 2.60. The molecule has 1 amide bonds. The number of carbonyl (C=O) groups excluding carboxylic acids is 1. The molecule has 112 valence electrons. The minimum atomic E-state index is -0.381. The summed E-state index contributed by atoms with van der Waals surface area (Å²) in [4.78, 5) is 14.6. The van der Waals surface area contributed by atoms with E-state index in [1.165, 1.54) is 0 Å². The number of morpholine rings is 1. The maximum absolute atomic E-state index is 12.8. The summed E-state index contributed by atoms with van der Waals surface area (Å²) in [7, 11) is 0. The van der Waals surface area contributed by atoms with Crippen LogP contribution >= 0.6 is 11.6 Å². The van der Waals surface area contributed by atoms with Gasteiger partial charge in [0, 0.05) is 18.7 Å². The number of hydrogen-bond donors (Lipinski definition) is 0. The monoisotopic (exact) mass is 299 g/mol. The zero-order valence-electron chi connectivity index (χ0n) is 12.7. The van der Waals surface area contributed by atoms with Crippen molar-refractivity contribution in [3.8, 4) is 0 Å². The summed E-state index contributed by atoms with van der Waals surface area (Å²) in [6.07, 6.45) is -0.127. The standard InChI is InChI=1S/C15H22ClNO3/c1-9-10(2)19-11(3)13(9)14(18)17-7-12(6-16)20-15(4,5)8-17/h12H,6-8H2,1-5H3. The van der Waals surface area contributed by atoms with Gasteiger partial charge in [0.2, 0.25) is 0 Å². The number of furan rings is 1. The third kappa shape index (κ3) is 2.86. The normalized spacial score (nSPS) is 22.1. The highest BCUT2D eigenvalue weighted by atomic mass is 35.5. The third-order valence-electron chi connectivity index (χ3n) is 3.72. The van der Waals surface area contributed by atoms with Gasteiger partial charge in [-0.1, -0.05) is 0 Å². The molecule has 0 N–H and O–H groups in total. The van der Waals surface area contributed by atoms with E-state index in [1.807, 2.05) is 39.5 Å². The van der Waals surface area contributed by atoms with Crippen molar-refractivity contribution in [2.24, 2.45) is 0 Å². The molecule has 1 aromatic rings. The van der Waals surface area contributed by atoms with Crippen LogP contribution in [0.1, 0.15) is 41.3 Å². The second kappa shape index (κ2) is 5.41. The zero-order chi connectivity index (χ0) is 15.1. The van der Waals surface area contributed by atoms with Crippen LogP contribution in [0.3, 0.4) is 0 Å². The molecule has 20 heavy (non-hydrogen) atoms. The quantitative estimate of drug-likeness (QED) is 0.788. The van der Waals surface area contributed by atoms with Crippen molar-refractivity contribution in [2.45, 2.75) is 46.3 Å². The number of carbonyl (C=O) groups is 1. The molecule has 2 rings (SSSR count). The summed E-state index contributed by atoms with van der Waals surface area (Å²) in [5.74, 6) is 1.86. The van der Waals surface area contributed by atoms with E-state index in [-0.39, 0.29) is 17.6 Å². The van der Waals surface area contributed by atoms with Gasteiger partial charge in [-0.15, -0.1) is 11.6 Å². The lowest BCUT2D eigenvalue weighted by Crippen LogP contribution is -2.55. The van der Waals surface area contributed by atoms with Gasteiger partial charge in [-0.05, 0) is 34.6 Å². The Kier molecular flexibility index (Phi) is 4.17. The Morgan fingerprint density at radius 1 is 1.35 bits per heavy atom. The van der Waals surface area contributed by atoms with E-state index in [4.69, 9.17) is 20.8 Å². The Morgan fingerprint density at radius 2 is 2.00 bits per heavy atom. The molecule has 0 saturated carbocycles. The van der Waals surface area contributed by atoms with Gasteiger partial charge in [-0.3, -0.25) is 4.79 Å². The molecule has 0 radical (unpaired) electrons. The van der Waals surface area contributed by atoms with Gasteiger partial charge in [0.05, 0.1) is 23.1 Å². The van der Waals surface area contributed by atoms with Crippen LogP contribution in [0, 0.1) is 20.8 Å². The molecule has 1 atom stereocenters. The fourth-order valence-corrected chi connectivity index (χ4v) is 2.96. The lowest BCUT2D eigenvalue weighted by molar-refractivity contribution is -0.117. The van der Waals surface area contributed by atoms with Crippen LogP contribution in [0.4, 0.5) is 0 Å². The van der Waals surface area contributed by atoms with Gasteiger partial charge in [0.1, 0.15) is 11.5 Å². The summed E-state index contributed by atoms with van der Waals surface area (Å²) >= 11 is 5.91. The second-order valence-corrected chi connectivity index (χ2v) is 6.36. The van der Waals surface area contributed by atoms with Crippen LogP contribution in [0.5, 0.6) is 0 Å². The first-order valence-electron chi connectivity index (χ1n) is 6.85. The van der Waals surface area contributed by atoms with Crippen LogP contribution in [0.2, 0.25) is 0 Å². The van der Waals surface area contributed by atoms with E-state index in [9.17, 15) is 4.79 Å². The SMILES string of the molecule is Cc1oc(C)c(C(=O)N2CC(CCl)OC(C)(C)C2)c1C. The molecule has 1 aromatic heterocycles. The average molecular weight is 300 g/mol. The van der Waals surface area contributed by atoms with Crippen molar-refractivity contribution in [3.63, 3.8) is 0 Å². The molecular weight excluding hydrogens is 278 g/mol. The summed E-state index contributed by atoms with van der Waals surface area (Å²) in [5.41, 5.74) is 1.21. The van der Waals surface area contributed by atoms with Gasteiger partial charge in [-0.25, -0.2) is 0 Å². The first-order chi connectivity index (χ1) is 9.25. The molecule has 1 fully saturated rings. The smallest absolute Gasteiger partial charge is 0.257 e. The Labute approximate surface area is 125 Å². The van der Waals surface area contributed by atoms with Gasteiger partial charge < -0.3 is 14.1 Å². The van der Waals surface area contributed by atoms with Crippen molar-refractivity contribution in [1.82, 2.24) is 4.90 Å². The van der Waals surface area contributed by atoms with Crippen LogP contribution in [0.15, 0.2) is 4.42 Å². The summed E-state index contributed by atoms with van der Waals surface area (Å²) in [5, 5.41) is 0. The fourth-order valence-electron chi connectivity index (χ4n) is 2.80. The first kappa shape index (κ1) is 15.4. The predicted molar refractivity (Wildman–Crippen MR) is 78.5 cm³/mol. The molecule has 5 heteroatoms. The zero-order valence-corrected chi connectivity index (χ0v) is 13.5. The third-order valence-corrected chi connectivity index (χ3v) is 4.06. The summed E-state index contributed by atoms with van der Waals surface area (Å²) in [6, 6.07) is 0. The Hall–Kier alpha value is -1.00. The topological polar surface area (TPSA) is 42.7 Å². The molecule has 4 nitrogen and oxygen atoms in total. The van der Waals surface area contributed by atoms with E-state index in [1.54, 1.807) is 0 Å². The number of ether oxygens (including phenoxy) is 1. The molecule has 0 aromatic carbocycles. The van der Waals surface area contributed by atoms with Crippen molar-refractivity contribution in [3.05, 3.63) is 22.6 Å². The number of aryl methyl sites for hydroxylation is 2. The molecule has 0 aliphatic carbocycles. The maximum atomic E-state index is 12.8. The van der Waals surface area contributed by atoms with Crippen molar-refractivity contribution < 1.29 is 13.9 Å². The van der Waals surface area contributed by atoms with Crippen molar-refractivity contribution in [1.29, 1.82) is 0 Å². The first-order valence-corrected chi connectivity index (χ1v) is 7.38.